The molecule has 20 heavy (non-hydrogen) atoms. The second kappa shape index (κ2) is 6.33. The number of nitrogens with zero attached hydrogens (tertiary/aromatic N) is 1. The zero-order valence-electron chi connectivity index (χ0n) is 11.8. The topological polar surface area (TPSA) is 73.3 Å². The van der Waals surface area contributed by atoms with Gasteiger partial charge in [-0.3, -0.25) is 10.3 Å². The van der Waals surface area contributed by atoms with E-state index in [-0.39, 0.29) is 23.8 Å². The van der Waals surface area contributed by atoms with Gasteiger partial charge in [0.15, 0.2) is 0 Å². The number of benzene rings is 1. The van der Waals surface area contributed by atoms with Crippen LogP contribution in [0.3, 0.4) is 0 Å². The molecule has 0 aliphatic heterocycles. The maximum absolute atomic E-state index is 14.0. The molecule has 0 radical (unpaired) electrons. The van der Waals surface area contributed by atoms with E-state index >= 15 is 0 Å². The molecular weight excluding hydrogens is 257 g/mol. The molecule has 4 N–H and O–H groups in total. The van der Waals surface area contributed by atoms with Crippen molar-refractivity contribution in [3.05, 3.63) is 35.1 Å². The SMILES string of the molecule is CN(Cc1ccc(C(=N)N)cc1F)C1CCCCC1O. The Labute approximate surface area is 118 Å². The Kier molecular flexibility index (Phi) is 4.73. The summed E-state index contributed by atoms with van der Waals surface area (Å²) < 4.78 is 14.0. The van der Waals surface area contributed by atoms with Crippen molar-refractivity contribution in [2.24, 2.45) is 5.73 Å². The van der Waals surface area contributed by atoms with Crippen molar-refractivity contribution in [1.82, 2.24) is 4.90 Å². The van der Waals surface area contributed by atoms with Gasteiger partial charge in [-0.1, -0.05) is 25.0 Å². The van der Waals surface area contributed by atoms with E-state index in [1.165, 1.54) is 6.07 Å². The summed E-state index contributed by atoms with van der Waals surface area (Å²) in [6, 6.07) is 4.71. The number of nitrogen functional groups attached to an aromatic ring is 1. The molecule has 1 aromatic rings. The number of nitrogens with one attached hydrogen (secondary N) is 1. The number of aliphatic hydroxyl groups is 1. The fourth-order valence-electron chi connectivity index (χ4n) is 2.83. The molecule has 2 atom stereocenters. The molecule has 0 aromatic heterocycles. The number of amidine groups is 1. The van der Waals surface area contributed by atoms with Crippen LogP contribution in [0.5, 0.6) is 0 Å². The van der Waals surface area contributed by atoms with Gasteiger partial charge < -0.3 is 10.8 Å². The highest BCUT2D eigenvalue weighted by Crippen LogP contribution is 2.24. The first-order chi connectivity index (χ1) is 9.49. The Bertz CT molecular complexity index is 492. The van der Waals surface area contributed by atoms with Crippen LogP contribution in [0, 0.1) is 11.2 Å². The molecule has 1 saturated carbocycles. The van der Waals surface area contributed by atoms with Crippen LogP contribution in [0.4, 0.5) is 4.39 Å². The standard InChI is InChI=1S/C15H22FN3O/c1-19(13-4-2-3-5-14(13)20)9-11-7-6-10(15(17)18)8-12(11)16/h6-8,13-14,20H,2-5,9H2,1H3,(H3,17,18). The minimum Gasteiger partial charge on any atom is -0.391 e. The average Bonchev–Trinajstić information content (AvgIpc) is 2.41. The number of hydrogen-bond acceptors (Lipinski definition) is 3. The van der Waals surface area contributed by atoms with E-state index in [1.807, 2.05) is 11.9 Å². The summed E-state index contributed by atoms with van der Waals surface area (Å²) in [5.41, 5.74) is 6.30. The average molecular weight is 279 g/mol. The Balaban J connectivity index is 2.07. The molecule has 1 fully saturated rings. The van der Waals surface area contributed by atoms with Gasteiger partial charge in [-0.25, -0.2) is 4.39 Å². The third kappa shape index (κ3) is 3.35. The van der Waals surface area contributed by atoms with Crippen LogP contribution in [-0.2, 0) is 6.54 Å². The number of rotatable bonds is 4. The highest BCUT2D eigenvalue weighted by Gasteiger charge is 2.26. The second-order valence-electron chi connectivity index (χ2n) is 5.55. The van der Waals surface area contributed by atoms with Crippen LogP contribution < -0.4 is 5.73 Å². The molecule has 4 nitrogen and oxygen atoms in total. The molecule has 110 valence electrons. The lowest BCUT2D eigenvalue weighted by molar-refractivity contribution is 0.0284. The number of halogens is 1. The first-order valence-electron chi connectivity index (χ1n) is 7.00. The fourth-order valence-corrected chi connectivity index (χ4v) is 2.83. The summed E-state index contributed by atoms with van der Waals surface area (Å²) in [5, 5.41) is 17.3. The van der Waals surface area contributed by atoms with E-state index in [0.29, 0.717) is 17.7 Å². The summed E-state index contributed by atoms with van der Waals surface area (Å²) in [6.07, 6.45) is 3.62. The maximum Gasteiger partial charge on any atom is 0.128 e. The number of nitrogens with two attached hydrogens (primary N) is 1. The lowest BCUT2D eigenvalue weighted by Crippen LogP contribution is -2.43. The van der Waals surface area contributed by atoms with Crippen molar-refractivity contribution in [1.29, 1.82) is 5.41 Å². The lowest BCUT2D eigenvalue weighted by atomic mass is 9.91. The molecule has 2 rings (SSSR count). The summed E-state index contributed by atoms with van der Waals surface area (Å²) in [7, 11) is 1.91. The summed E-state index contributed by atoms with van der Waals surface area (Å²) in [4.78, 5) is 2.01. The van der Waals surface area contributed by atoms with Crippen molar-refractivity contribution in [3.63, 3.8) is 0 Å². The molecule has 0 amide bonds. The van der Waals surface area contributed by atoms with Gasteiger partial charge in [-0.2, -0.15) is 0 Å². The molecule has 0 heterocycles. The normalized spacial score (nSPS) is 23.0. The van der Waals surface area contributed by atoms with Gasteiger partial charge in [0.2, 0.25) is 0 Å². The Morgan fingerprint density at radius 1 is 1.45 bits per heavy atom. The monoisotopic (exact) mass is 279 g/mol. The maximum atomic E-state index is 14.0. The molecule has 2 unspecified atom stereocenters. The molecule has 0 bridgehead atoms. The number of aliphatic hydroxyl groups excluding tert-OH is 1. The molecule has 1 aromatic carbocycles. The number of hydrogen-bond donors (Lipinski definition) is 3. The first-order valence-corrected chi connectivity index (χ1v) is 7.00. The van der Waals surface area contributed by atoms with Crippen LogP contribution in [0.15, 0.2) is 18.2 Å². The molecule has 5 heteroatoms. The van der Waals surface area contributed by atoms with Gasteiger partial charge in [-0.05, 0) is 26.0 Å². The third-order valence-corrected chi connectivity index (χ3v) is 4.04. The van der Waals surface area contributed by atoms with E-state index in [1.54, 1.807) is 12.1 Å². The van der Waals surface area contributed by atoms with Gasteiger partial charge in [0, 0.05) is 23.7 Å². The molecule has 0 saturated heterocycles. The van der Waals surface area contributed by atoms with Crippen molar-refractivity contribution in [2.75, 3.05) is 7.05 Å². The summed E-state index contributed by atoms with van der Waals surface area (Å²) >= 11 is 0. The predicted molar refractivity (Wildman–Crippen MR) is 77.1 cm³/mol. The Hall–Kier alpha value is -1.46. The Morgan fingerprint density at radius 2 is 2.15 bits per heavy atom. The quantitative estimate of drug-likeness (QED) is 0.581. The smallest absolute Gasteiger partial charge is 0.128 e. The van der Waals surface area contributed by atoms with E-state index in [9.17, 15) is 9.50 Å². The summed E-state index contributed by atoms with van der Waals surface area (Å²) in [6.45, 7) is 0.450. The van der Waals surface area contributed by atoms with Crippen LogP contribution in [0.2, 0.25) is 0 Å². The van der Waals surface area contributed by atoms with Gasteiger partial charge in [-0.15, -0.1) is 0 Å². The van der Waals surface area contributed by atoms with Crippen LogP contribution in [0.25, 0.3) is 0 Å². The highest BCUT2D eigenvalue weighted by atomic mass is 19.1. The van der Waals surface area contributed by atoms with Crippen LogP contribution in [-0.4, -0.2) is 35.0 Å². The Morgan fingerprint density at radius 3 is 2.75 bits per heavy atom. The second-order valence-corrected chi connectivity index (χ2v) is 5.55. The first kappa shape index (κ1) is 14.9. The molecule has 0 spiro atoms. The molecule has 1 aliphatic rings. The molecule has 1 aliphatic carbocycles. The minimum atomic E-state index is -0.352. The fraction of sp³-hybridized carbons (Fsp3) is 0.533. The zero-order valence-corrected chi connectivity index (χ0v) is 11.8. The van der Waals surface area contributed by atoms with E-state index in [4.69, 9.17) is 11.1 Å². The third-order valence-electron chi connectivity index (χ3n) is 4.04. The van der Waals surface area contributed by atoms with Gasteiger partial charge >= 0.3 is 0 Å². The lowest BCUT2D eigenvalue weighted by Gasteiger charge is -2.35. The van der Waals surface area contributed by atoms with Crippen LogP contribution in [0.1, 0.15) is 36.8 Å². The van der Waals surface area contributed by atoms with Crippen LogP contribution >= 0.6 is 0 Å². The predicted octanol–water partition coefficient (Wildman–Crippen LogP) is 1.85. The minimum absolute atomic E-state index is 0.0932. The van der Waals surface area contributed by atoms with Crippen molar-refractivity contribution < 1.29 is 9.50 Å². The van der Waals surface area contributed by atoms with E-state index < -0.39 is 0 Å². The molecular formula is C15H22FN3O. The van der Waals surface area contributed by atoms with Gasteiger partial charge in [0.1, 0.15) is 11.7 Å². The number of likely N-dealkylation sites (N-methyl/N-ethyl adjacent to an activating group) is 1. The van der Waals surface area contributed by atoms with Gasteiger partial charge in [0.05, 0.1) is 6.10 Å². The van der Waals surface area contributed by atoms with Crippen molar-refractivity contribution in [3.8, 4) is 0 Å². The highest BCUT2D eigenvalue weighted by molar-refractivity contribution is 5.94. The largest absolute Gasteiger partial charge is 0.391 e. The summed E-state index contributed by atoms with van der Waals surface area (Å²) in [5.74, 6) is -0.485. The zero-order chi connectivity index (χ0) is 14.7. The van der Waals surface area contributed by atoms with Crippen molar-refractivity contribution in [2.45, 2.75) is 44.4 Å². The van der Waals surface area contributed by atoms with E-state index in [0.717, 1.165) is 25.7 Å². The van der Waals surface area contributed by atoms with E-state index in [2.05, 4.69) is 0 Å². The van der Waals surface area contributed by atoms with Crippen molar-refractivity contribution >= 4 is 5.84 Å². The van der Waals surface area contributed by atoms with Gasteiger partial charge in [0.25, 0.3) is 0 Å².